The molecule has 1 aliphatic heterocycles. The van der Waals surface area contributed by atoms with Crippen LogP contribution in [-0.2, 0) is 20.9 Å². The zero-order chi connectivity index (χ0) is 22.2. The molecule has 0 spiro atoms. The van der Waals surface area contributed by atoms with E-state index >= 15 is 0 Å². The smallest absolute Gasteiger partial charge is 0.336 e. The van der Waals surface area contributed by atoms with E-state index in [9.17, 15) is 19.2 Å². The number of nitrogens with zero attached hydrogens (tertiary/aromatic N) is 1. The highest BCUT2D eigenvalue weighted by Gasteiger charge is 2.44. The fourth-order valence-corrected chi connectivity index (χ4v) is 3.59. The number of nitrogens with one attached hydrogen (secondary N) is 1. The van der Waals surface area contributed by atoms with Crippen LogP contribution in [-0.4, -0.2) is 34.9 Å². The molecule has 0 bridgehead atoms. The summed E-state index contributed by atoms with van der Waals surface area (Å²) in [6.45, 7) is 9.14. The van der Waals surface area contributed by atoms with E-state index in [1.807, 2.05) is 19.1 Å². The van der Waals surface area contributed by atoms with Gasteiger partial charge in [0.25, 0.3) is 5.91 Å². The van der Waals surface area contributed by atoms with Crippen LogP contribution in [0.15, 0.2) is 27.4 Å². The Kier molecular flexibility index (Phi) is 5.70. The van der Waals surface area contributed by atoms with Crippen molar-refractivity contribution in [1.82, 2.24) is 10.2 Å². The largest absolute Gasteiger partial charge is 0.461 e. The van der Waals surface area contributed by atoms with Crippen LogP contribution in [0.2, 0.25) is 0 Å². The Hall–Kier alpha value is -3.16. The highest BCUT2D eigenvalue weighted by molar-refractivity contribution is 6.06. The first-order chi connectivity index (χ1) is 14.0. The van der Waals surface area contributed by atoms with E-state index in [2.05, 4.69) is 19.2 Å². The topological polar surface area (TPSA) is 106 Å². The maximum atomic E-state index is 12.2. The number of carbonyl (C=O) groups is 3. The Morgan fingerprint density at radius 3 is 2.50 bits per heavy atom. The minimum absolute atomic E-state index is 0.0682. The third-order valence-corrected chi connectivity index (χ3v) is 5.21. The van der Waals surface area contributed by atoms with Crippen molar-refractivity contribution in [3.05, 3.63) is 45.3 Å². The summed E-state index contributed by atoms with van der Waals surface area (Å²) in [5, 5.41) is 3.28. The van der Waals surface area contributed by atoms with Crippen LogP contribution in [0.4, 0.5) is 4.79 Å². The lowest BCUT2D eigenvalue weighted by Crippen LogP contribution is -2.40. The van der Waals surface area contributed by atoms with Crippen LogP contribution < -0.4 is 10.9 Å². The first kappa shape index (κ1) is 21.5. The second-order valence-electron chi connectivity index (χ2n) is 8.37. The van der Waals surface area contributed by atoms with Crippen LogP contribution >= 0.6 is 0 Å². The molecular formula is C22H26N2O6. The molecule has 8 heteroatoms. The maximum Gasteiger partial charge on any atom is 0.336 e. The number of ether oxygens (including phenoxy) is 1. The number of hydrogen-bond acceptors (Lipinski definition) is 6. The van der Waals surface area contributed by atoms with Gasteiger partial charge in [-0.1, -0.05) is 13.8 Å². The Bertz CT molecular complexity index is 1080. The first-order valence-corrected chi connectivity index (χ1v) is 9.86. The monoisotopic (exact) mass is 414 g/mol. The number of carbonyl (C=O) groups excluding carboxylic acids is 3. The molecule has 1 aromatic carbocycles. The Balaban J connectivity index is 1.71. The summed E-state index contributed by atoms with van der Waals surface area (Å²) >= 11 is 0. The minimum Gasteiger partial charge on any atom is -0.461 e. The van der Waals surface area contributed by atoms with Crippen molar-refractivity contribution in [2.75, 3.05) is 6.54 Å². The van der Waals surface area contributed by atoms with Crippen molar-refractivity contribution >= 4 is 28.9 Å². The van der Waals surface area contributed by atoms with Gasteiger partial charge in [-0.25, -0.2) is 9.59 Å². The van der Waals surface area contributed by atoms with Crippen LogP contribution in [0.25, 0.3) is 11.0 Å². The van der Waals surface area contributed by atoms with Gasteiger partial charge in [0.05, 0.1) is 6.42 Å². The Morgan fingerprint density at radius 2 is 1.90 bits per heavy atom. The lowest BCUT2D eigenvalue weighted by atomic mass is 9.95. The summed E-state index contributed by atoms with van der Waals surface area (Å²) in [6.07, 6.45) is -0.134. The van der Waals surface area contributed by atoms with Crippen LogP contribution in [0.1, 0.15) is 56.7 Å². The van der Waals surface area contributed by atoms with E-state index < -0.39 is 23.2 Å². The predicted molar refractivity (Wildman–Crippen MR) is 110 cm³/mol. The molecule has 160 valence electrons. The molecule has 0 unspecified atom stereocenters. The molecule has 0 aliphatic carbocycles. The summed E-state index contributed by atoms with van der Waals surface area (Å²) < 4.78 is 10.6. The molecule has 8 nitrogen and oxygen atoms in total. The molecule has 1 fully saturated rings. The molecule has 0 saturated carbocycles. The van der Waals surface area contributed by atoms with Gasteiger partial charge in [0, 0.05) is 23.6 Å². The molecule has 2 aromatic rings. The van der Waals surface area contributed by atoms with Crippen LogP contribution in [0, 0.1) is 6.92 Å². The van der Waals surface area contributed by atoms with Gasteiger partial charge >= 0.3 is 17.6 Å². The summed E-state index contributed by atoms with van der Waals surface area (Å²) in [7, 11) is 0. The molecule has 1 saturated heterocycles. The molecule has 30 heavy (non-hydrogen) atoms. The van der Waals surface area contributed by atoms with Crippen molar-refractivity contribution < 1.29 is 23.5 Å². The third-order valence-electron chi connectivity index (χ3n) is 5.21. The van der Waals surface area contributed by atoms with Gasteiger partial charge in [0.2, 0.25) is 0 Å². The minimum atomic E-state index is -0.982. The molecule has 1 aromatic heterocycles. The summed E-state index contributed by atoms with van der Waals surface area (Å²) in [4.78, 5) is 49.2. The van der Waals surface area contributed by atoms with Gasteiger partial charge < -0.3 is 14.5 Å². The second kappa shape index (κ2) is 7.93. The van der Waals surface area contributed by atoms with E-state index in [4.69, 9.17) is 9.15 Å². The SMILES string of the molecule is Cc1cc2oc(=O)cc(COC(=O)CCN3C(=O)NC(C)(C)C3=O)c2cc1C(C)C. The fourth-order valence-electron chi connectivity index (χ4n) is 3.59. The van der Waals surface area contributed by atoms with E-state index in [0.717, 1.165) is 16.0 Å². The highest BCUT2D eigenvalue weighted by Crippen LogP contribution is 2.27. The summed E-state index contributed by atoms with van der Waals surface area (Å²) in [5.74, 6) is -0.674. The number of hydrogen-bond donors (Lipinski definition) is 1. The van der Waals surface area contributed by atoms with Crippen molar-refractivity contribution in [3.8, 4) is 0 Å². The number of urea groups is 1. The van der Waals surface area contributed by atoms with Crippen molar-refractivity contribution in [2.45, 2.75) is 59.1 Å². The van der Waals surface area contributed by atoms with E-state index in [-0.39, 0.29) is 31.4 Å². The molecular weight excluding hydrogens is 388 g/mol. The van der Waals surface area contributed by atoms with Gasteiger partial charge in [0.1, 0.15) is 17.7 Å². The van der Waals surface area contributed by atoms with Crippen LogP contribution in [0.3, 0.4) is 0 Å². The Labute approximate surface area is 174 Å². The van der Waals surface area contributed by atoms with Crippen LogP contribution in [0.5, 0.6) is 0 Å². The first-order valence-electron chi connectivity index (χ1n) is 9.86. The van der Waals surface area contributed by atoms with Crippen molar-refractivity contribution in [3.63, 3.8) is 0 Å². The number of fused-ring (bicyclic) bond motifs is 1. The van der Waals surface area contributed by atoms with E-state index in [1.165, 1.54) is 6.07 Å². The normalized spacial score (nSPS) is 15.7. The molecule has 0 atom stereocenters. The van der Waals surface area contributed by atoms with Gasteiger partial charge in [-0.2, -0.15) is 0 Å². The lowest BCUT2D eigenvalue weighted by molar-refractivity contribution is -0.145. The standard InChI is InChI=1S/C22H26N2O6/c1-12(2)15-10-16-14(9-19(26)30-17(16)8-13(15)3)11-29-18(25)6-7-24-20(27)22(4,5)23-21(24)28/h8-10,12H,6-7,11H2,1-5H3,(H,23,28). The number of amides is 3. The van der Waals surface area contributed by atoms with E-state index in [1.54, 1.807) is 13.8 Å². The van der Waals surface area contributed by atoms with E-state index in [0.29, 0.717) is 16.5 Å². The molecule has 0 radical (unpaired) electrons. The zero-order valence-corrected chi connectivity index (χ0v) is 17.8. The van der Waals surface area contributed by atoms with Crippen molar-refractivity contribution in [2.24, 2.45) is 0 Å². The summed E-state index contributed by atoms with van der Waals surface area (Å²) in [6, 6.07) is 4.56. The zero-order valence-electron chi connectivity index (χ0n) is 17.8. The third kappa shape index (κ3) is 4.22. The summed E-state index contributed by atoms with van der Waals surface area (Å²) in [5.41, 5.74) is 1.62. The number of benzene rings is 1. The average molecular weight is 414 g/mol. The second-order valence-corrected chi connectivity index (χ2v) is 8.37. The molecule has 3 amide bonds. The quantitative estimate of drug-likeness (QED) is 0.442. The predicted octanol–water partition coefficient (Wildman–Crippen LogP) is 2.99. The molecule has 1 aliphatic rings. The molecule has 2 heterocycles. The maximum absolute atomic E-state index is 12.2. The number of imide groups is 1. The lowest BCUT2D eigenvalue weighted by Gasteiger charge is -2.16. The molecule has 1 N–H and O–H groups in total. The molecule has 3 rings (SSSR count). The number of rotatable bonds is 6. The fraction of sp³-hybridized carbons (Fsp3) is 0.455. The highest BCUT2D eigenvalue weighted by atomic mass is 16.5. The average Bonchev–Trinajstić information content (AvgIpc) is 2.84. The Morgan fingerprint density at radius 1 is 1.20 bits per heavy atom. The van der Waals surface area contributed by atoms with Gasteiger partial charge in [-0.3, -0.25) is 14.5 Å². The van der Waals surface area contributed by atoms with Gasteiger partial charge in [-0.15, -0.1) is 0 Å². The number of aryl methyl sites for hydroxylation is 1. The van der Waals surface area contributed by atoms with Crippen molar-refractivity contribution in [1.29, 1.82) is 0 Å². The number of esters is 1. The van der Waals surface area contributed by atoms with Gasteiger partial charge in [-0.05, 0) is 49.9 Å². The van der Waals surface area contributed by atoms with Gasteiger partial charge in [0.15, 0.2) is 0 Å².